The molecular formula is C13H22N4S. The van der Waals surface area contributed by atoms with Gasteiger partial charge in [0.25, 0.3) is 0 Å². The van der Waals surface area contributed by atoms with Crippen LogP contribution in [0.4, 0.5) is 11.8 Å². The maximum atomic E-state index is 5.67. The van der Waals surface area contributed by atoms with Crippen LogP contribution in [-0.4, -0.2) is 27.5 Å². The first kappa shape index (κ1) is 13.5. The number of aromatic nitrogens is 2. The van der Waals surface area contributed by atoms with Crippen molar-refractivity contribution >= 4 is 23.5 Å². The molecule has 3 N–H and O–H groups in total. The van der Waals surface area contributed by atoms with Crippen LogP contribution in [0.5, 0.6) is 0 Å². The Labute approximate surface area is 113 Å². The third-order valence-electron chi connectivity index (χ3n) is 3.66. The lowest BCUT2D eigenvalue weighted by atomic mass is 9.88. The van der Waals surface area contributed by atoms with Crippen molar-refractivity contribution in [2.75, 3.05) is 23.9 Å². The lowest BCUT2D eigenvalue weighted by molar-refractivity contribution is 0.411. The lowest BCUT2D eigenvalue weighted by Gasteiger charge is -2.36. The predicted octanol–water partition coefficient (Wildman–Crippen LogP) is 2.85. The highest BCUT2D eigenvalue weighted by molar-refractivity contribution is 8.00. The zero-order valence-corrected chi connectivity index (χ0v) is 12.0. The van der Waals surface area contributed by atoms with Crippen LogP contribution in [0.2, 0.25) is 0 Å². The Morgan fingerprint density at radius 1 is 1.33 bits per heavy atom. The Bertz CT molecular complexity index is 382. The Morgan fingerprint density at radius 2 is 2.06 bits per heavy atom. The topological polar surface area (TPSA) is 63.8 Å². The van der Waals surface area contributed by atoms with Gasteiger partial charge in [0.1, 0.15) is 5.82 Å². The fourth-order valence-corrected chi connectivity index (χ4v) is 3.50. The van der Waals surface area contributed by atoms with E-state index in [1.807, 2.05) is 24.8 Å². The van der Waals surface area contributed by atoms with Crippen LogP contribution in [0.25, 0.3) is 0 Å². The standard InChI is InChI=1S/C13H22N4S/c1-10-8-11(17-12(14)16-10)15-9-13(18-2)6-4-3-5-7-13/h8H,3-7,9H2,1-2H3,(H3,14,15,16,17). The molecule has 1 aliphatic rings. The van der Waals surface area contributed by atoms with Gasteiger partial charge in [-0.15, -0.1) is 0 Å². The predicted molar refractivity (Wildman–Crippen MR) is 79.0 cm³/mol. The smallest absolute Gasteiger partial charge is 0.222 e. The average molecular weight is 266 g/mol. The highest BCUT2D eigenvalue weighted by atomic mass is 32.2. The van der Waals surface area contributed by atoms with E-state index in [2.05, 4.69) is 21.5 Å². The molecule has 1 saturated carbocycles. The largest absolute Gasteiger partial charge is 0.369 e. The first-order valence-corrected chi connectivity index (χ1v) is 7.76. The molecule has 1 aromatic rings. The molecule has 4 nitrogen and oxygen atoms in total. The quantitative estimate of drug-likeness (QED) is 0.877. The molecule has 0 atom stereocenters. The van der Waals surface area contributed by atoms with Crippen molar-refractivity contribution in [1.29, 1.82) is 0 Å². The third kappa shape index (κ3) is 3.28. The van der Waals surface area contributed by atoms with E-state index in [4.69, 9.17) is 5.73 Å². The average Bonchev–Trinajstić information content (AvgIpc) is 2.36. The summed E-state index contributed by atoms with van der Waals surface area (Å²) in [5.41, 5.74) is 6.58. The van der Waals surface area contributed by atoms with Gasteiger partial charge in [0, 0.05) is 23.1 Å². The summed E-state index contributed by atoms with van der Waals surface area (Å²) in [6, 6.07) is 1.95. The van der Waals surface area contributed by atoms with Crippen molar-refractivity contribution < 1.29 is 0 Å². The summed E-state index contributed by atoms with van der Waals surface area (Å²) in [5, 5.41) is 3.44. The molecule has 0 aliphatic heterocycles. The second-order valence-electron chi connectivity index (χ2n) is 5.05. The Kier molecular flexibility index (Phi) is 4.32. The lowest BCUT2D eigenvalue weighted by Crippen LogP contribution is -2.35. The van der Waals surface area contributed by atoms with E-state index >= 15 is 0 Å². The van der Waals surface area contributed by atoms with Crippen LogP contribution in [-0.2, 0) is 0 Å². The number of nitrogens with one attached hydrogen (secondary N) is 1. The van der Waals surface area contributed by atoms with E-state index in [-0.39, 0.29) is 0 Å². The summed E-state index contributed by atoms with van der Waals surface area (Å²) in [4.78, 5) is 8.32. The minimum atomic E-state index is 0.347. The fourth-order valence-electron chi connectivity index (χ4n) is 2.58. The molecule has 18 heavy (non-hydrogen) atoms. The first-order chi connectivity index (χ1) is 8.63. The number of nitrogen functional groups attached to an aromatic ring is 1. The molecule has 1 heterocycles. The zero-order valence-electron chi connectivity index (χ0n) is 11.2. The van der Waals surface area contributed by atoms with Gasteiger partial charge in [-0.05, 0) is 26.0 Å². The number of hydrogen-bond donors (Lipinski definition) is 2. The molecule has 1 aromatic heterocycles. The van der Waals surface area contributed by atoms with Gasteiger partial charge in [-0.2, -0.15) is 16.7 Å². The van der Waals surface area contributed by atoms with Crippen LogP contribution in [0.3, 0.4) is 0 Å². The second-order valence-corrected chi connectivity index (χ2v) is 6.33. The summed E-state index contributed by atoms with van der Waals surface area (Å²) < 4.78 is 0.367. The highest BCUT2D eigenvalue weighted by Gasteiger charge is 2.30. The van der Waals surface area contributed by atoms with Gasteiger partial charge in [0.2, 0.25) is 5.95 Å². The number of aryl methyl sites for hydroxylation is 1. The van der Waals surface area contributed by atoms with Crippen LogP contribution in [0.1, 0.15) is 37.8 Å². The molecule has 100 valence electrons. The minimum Gasteiger partial charge on any atom is -0.369 e. The van der Waals surface area contributed by atoms with Gasteiger partial charge in [0.05, 0.1) is 0 Å². The van der Waals surface area contributed by atoms with Crippen molar-refractivity contribution in [3.8, 4) is 0 Å². The van der Waals surface area contributed by atoms with Gasteiger partial charge < -0.3 is 11.1 Å². The Morgan fingerprint density at radius 3 is 2.67 bits per heavy atom. The summed E-state index contributed by atoms with van der Waals surface area (Å²) in [6.07, 6.45) is 8.86. The molecule has 0 aromatic carbocycles. The molecular weight excluding hydrogens is 244 g/mol. The number of hydrogen-bond acceptors (Lipinski definition) is 5. The van der Waals surface area contributed by atoms with E-state index < -0.39 is 0 Å². The highest BCUT2D eigenvalue weighted by Crippen LogP contribution is 2.38. The second kappa shape index (κ2) is 5.78. The van der Waals surface area contributed by atoms with E-state index in [9.17, 15) is 0 Å². The van der Waals surface area contributed by atoms with Crippen molar-refractivity contribution in [3.63, 3.8) is 0 Å². The fraction of sp³-hybridized carbons (Fsp3) is 0.692. The number of nitrogens with zero attached hydrogens (tertiary/aromatic N) is 2. The summed E-state index contributed by atoms with van der Waals surface area (Å²) in [7, 11) is 0. The van der Waals surface area contributed by atoms with Gasteiger partial charge in [-0.3, -0.25) is 0 Å². The van der Waals surface area contributed by atoms with Crippen LogP contribution >= 0.6 is 11.8 Å². The monoisotopic (exact) mass is 266 g/mol. The van der Waals surface area contributed by atoms with Gasteiger partial charge in [-0.1, -0.05) is 19.3 Å². The molecule has 1 fully saturated rings. The molecule has 2 rings (SSSR count). The molecule has 0 spiro atoms. The maximum absolute atomic E-state index is 5.67. The number of thioether (sulfide) groups is 1. The summed E-state index contributed by atoms with van der Waals surface area (Å²) >= 11 is 1.98. The van der Waals surface area contributed by atoms with Crippen molar-refractivity contribution in [2.24, 2.45) is 0 Å². The van der Waals surface area contributed by atoms with E-state index in [0.29, 0.717) is 10.7 Å². The van der Waals surface area contributed by atoms with Crippen molar-refractivity contribution in [1.82, 2.24) is 9.97 Å². The van der Waals surface area contributed by atoms with E-state index in [1.165, 1.54) is 32.1 Å². The summed E-state index contributed by atoms with van der Waals surface area (Å²) in [5.74, 6) is 1.19. The van der Waals surface area contributed by atoms with E-state index in [1.54, 1.807) is 0 Å². The Hall–Kier alpha value is -0.970. The maximum Gasteiger partial charge on any atom is 0.222 e. The number of anilines is 2. The van der Waals surface area contributed by atoms with Crippen LogP contribution in [0.15, 0.2) is 6.07 Å². The van der Waals surface area contributed by atoms with Crippen molar-refractivity contribution in [2.45, 2.75) is 43.8 Å². The SMILES string of the molecule is CSC1(CNc2cc(C)nc(N)n2)CCCCC1. The molecule has 0 radical (unpaired) electrons. The first-order valence-electron chi connectivity index (χ1n) is 6.54. The molecule has 0 bridgehead atoms. The summed E-state index contributed by atoms with van der Waals surface area (Å²) in [6.45, 7) is 2.90. The normalized spacial score (nSPS) is 18.6. The number of nitrogens with two attached hydrogens (primary N) is 1. The molecule has 5 heteroatoms. The van der Waals surface area contributed by atoms with E-state index in [0.717, 1.165) is 18.1 Å². The molecule has 1 aliphatic carbocycles. The minimum absolute atomic E-state index is 0.347. The van der Waals surface area contributed by atoms with Crippen LogP contribution in [0, 0.1) is 6.92 Å². The molecule has 0 unspecified atom stereocenters. The zero-order chi connectivity index (χ0) is 13.0. The van der Waals surface area contributed by atoms with Gasteiger partial charge in [0.15, 0.2) is 0 Å². The third-order valence-corrected chi connectivity index (χ3v) is 5.08. The Balaban J connectivity index is 2.00. The number of rotatable bonds is 4. The molecule has 0 amide bonds. The van der Waals surface area contributed by atoms with Crippen molar-refractivity contribution in [3.05, 3.63) is 11.8 Å². The van der Waals surface area contributed by atoms with Crippen LogP contribution < -0.4 is 11.1 Å². The van der Waals surface area contributed by atoms with Gasteiger partial charge >= 0.3 is 0 Å². The molecule has 0 saturated heterocycles. The van der Waals surface area contributed by atoms with Gasteiger partial charge in [-0.25, -0.2) is 4.98 Å².